The van der Waals surface area contributed by atoms with Gasteiger partial charge in [-0.15, -0.1) is 0 Å². The molecule has 3 aromatic rings. The third-order valence-electron chi connectivity index (χ3n) is 3.73. The van der Waals surface area contributed by atoms with E-state index in [2.05, 4.69) is 24.3 Å². The first-order valence-corrected chi connectivity index (χ1v) is 13.7. The Hall–Kier alpha value is -2.52. The Balaban J connectivity index is 1.97. The number of hydrogen-bond donors (Lipinski definition) is 0. The van der Waals surface area contributed by atoms with Crippen LogP contribution in [0.25, 0.3) is 0 Å². The van der Waals surface area contributed by atoms with Crippen molar-refractivity contribution in [3.63, 3.8) is 0 Å². The third kappa shape index (κ3) is 5.24. The van der Waals surface area contributed by atoms with Crippen LogP contribution < -0.4 is 19.3 Å². The fraction of sp³-hybridized carbons (Fsp3) is 0.0909. The van der Waals surface area contributed by atoms with Gasteiger partial charge in [0.1, 0.15) is 0 Å². The Morgan fingerprint density at radius 3 is 1.33 bits per heavy atom. The van der Waals surface area contributed by atoms with E-state index < -0.39 is 21.8 Å². The van der Waals surface area contributed by atoms with Crippen molar-refractivity contribution in [1.82, 2.24) is 0 Å². The molecule has 0 aliphatic rings. The van der Waals surface area contributed by atoms with Crippen LogP contribution in [-0.2, 0) is 9.59 Å². The summed E-state index contributed by atoms with van der Waals surface area (Å²) in [4.78, 5) is 22.3. The van der Waals surface area contributed by atoms with Gasteiger partial charge in [-0.05, 0) is 0 Å². The van der Waals surface area contributed by atoms with Crippen molar-refractivity contribution in [3.05, 3.63) is 78.9 Å². The van der Waals surface area contributed by atoms with Gasteiger partial charge >= 0.3 is 167 Å². The fourth-order valence-corrected chi connectivity index (χ4v) is 11.5. The summed E-state index contributed by atoms with van der Waals surface area (Å²) >= 11 is -2.50. The summed E-state index contributed by atoms with van der Waals surface area (Å²) in [5.41, 5.74) is 0. The third-order valence-corrected chi connectivity index (χ3v) is 13.2. The second kappa shape index (κ2) is 8.92. The fourth-order valence-electron chi connectivity index (χ4n) is 2.68. The van der Waals surface area contributed by atoms with Gasteiger partial charge < -0.3 is 0 Å². The first-order chi connectivity index (χ1) is 13.0. The van der Waals surface area contributed by atoms with Crippen molar-refractivity contribution in [2.24, 2.45) is 0 Å². The number of carbonyl (C=O) groups excluding carboxylic acids is 2. The van der Waals surface area contributed by atoms with Crippen molar-refractivity contribution in [3.8, 4) is 11.5 Å². The number of benzene rings is 3. The molecule has 0 aliphatic heterocycles. The Labute approximate surface area is 166 Å². The molecule has 27 heavy (non-hydrogen) atoms. The normalized spacial score (nSPS) is 10.5. The van der Waals surface area contributed by atoms with Crippen LogP contribution in [0.4, 0.5) is 0 Å². The standard InChI is InChI=1S/2C8H7O2.C6H5.Bi/c2*1-7(9)10-8-5-3-2-4-6-8;1-2-4-6-5-3-1;/h2*3-6H,1H3;1-5H;. The van der Waals surface area contributed by atoms with Crippen LogP contribution in [0.1, 0.15) is 13.8 Å². The Kier molecular flexibility index (Phi) is 6.36. The predicted octanol–water partition coefficient (Wildman–Crippen LogP) is 2.05. The van der Waals surface area contributed by atoms with E-state index in [-0.39, 0.29) is 11.9 Å². The van der Waals surface area contributed by atoms with Gasteiger partial charge in [0.25, 0.3) is 0 Å². The monoisotopic (exact) mass is 556 g/mol. The van der Waals surface area contributed by atoms with Gasteiger partial charge in [0.05, 0.1) is 0 Å². The Morgan fingerprint density at radius 1 is 0.593 bits per heavy atom. The van der Waals surface area contributed by atoms with Crippen LogP contribution in [0.3, 0.4) is 0 Å². The van der Waals surface area contributed by atoms with Crippen LogP contribution in [0.5, 0.6) is 11.5 Å². The molecule has 0 radical (unpaired) electrons. The molecule has 0 aliphatic carbocycles. The van der Waals surface area contributed by atoms with E-state index in [0.29, 0.717) is 11.5 Å². The van der Waals surface area contributed by atoms with E-state index in [1.54, 1.807) is 0 Å². The molecule has 0 spiro atoms. The van der Waals surface area contributed by atoms with Gasteiger partial charge in [0.15, 0.2) is 0 Å². The molecule has 0 saturated heterocycles. The van der Waals surface area contributed by atoms with E-state index in [4.69, 9.17) is 9.47 Å². The number of hydrogen-bond acceptors (Lipinski definition) is 4. The molecule has 0 aromatic heterocycles. The van der Waals surface area contributed by atoms with Crippen LogP contribution in [0.15, 0.2) is 78.9 Å². The first kappa shape index (κ1) is 19.3. The van der Waals surface area contributed by atoms with Gasteiger partial charge in [0, 0.05) is 0 Å². The van der Waals surface area contributed by atoms with E-state index in [9.17, 15) is 9.59 Å². The van der Waals surface area contributed by atoms with Gasteiger partial charge in [-0.3, -0.25) is 0 Å². The van der Waals surface area contributed by atoms with Crippen LogP contribution >= 0.6 is 0 Å². The van der Waals surface area contributed by atoms with Gasteiger partial charge in [-0.25, -0.2) is 0 Å². The quantitative estimate of drug-likeness (QED) is 0.275. The molecular weight excluding hydrogens is 537 g/mol. The van der Waals surface area contributed by atoms with Gasteiger partial charge in [-0.1, -0.05) is 0 Å². The topological polar surface area (TPSA) is 52.6 Å². The second-order valence-electron chi connectivity index (χ2n) is 5.85. The van der Waals surface area contributed by atoms with Crippen molar-refractivity contribution in [1.29, 1.82) is 0 Å². The Bertz CT molecular complexity index is 859. The zero-order chi connectivity index (χ0) is 19.2. The molecule has 0 amide bonds. The molecule has 3 rings (SSSR count). The van der Waals surface area contributed by atoms with Gasteiger partial charge in [-0.2, -0.15) is 0 Å². The average Bonchev–Trinajstić information content (AvgIpc) is 2.65. The molecule has 5 heteroatoms. The van der Waals surface area contributed by atoms with Crippen molar-refractivity contribution in [2.75, 3.05) is 0 Å². The van der Waals surface area contributed by atoms with Crippen molar-refractivity contribution in [2.45, 2.75) is 13.8 Å². The summed E-state index contributed by atoms with van der Waals surface area (Å²) in [5.74, 6) is 0.444. The summed E-state index contributed by atoms with van der Waals surface area (Å²) in [6, 6.07) is 26.0. The summed E-state index contributed by atoms with van der Waals surface area (Å²) < 4.78 is 14.2. The molecule has 0 atom stereocenters. The minimum absolute atomic E-state index is 0.327. The molecule has 0 unspecified atom stereocenters. The number of rotatable bonds is 5. The van der Waals surface area contributed by atoms with E-state index >= 15 is 0 Å². The SMILES string of the molecule is CC(=O)Oc1cc[c]([Bi]([c]2ccccc2)[c]2ccc(OC(C)=O)cc2)cc1. The predicted molar refractivity (Wildman–Crippen MR) is 107 cm³/mol. The minimum atomic E-state index is -2.50. The zero-order valence-electron chi connectivity index (χ0n) is 15.1. The maximum absolute atomic E-state index is 11.1. The number of esters is 2. The average molecular weight is 556 g/mol. The van der Waals surface area contributed by atoms with Crippen LogP contribution in [-0.4, -0.2) is 33.7 Å². The zero-order valence-corrected chi connectivity index (χ0v) is 18.6. The van der Waals surface area contributed by atoms with E-state index in [1.165, 1.54) is 23.7 Å². The first-order valence-electron chi connectivity index (χ1n) is 8.45. The maximum atomic E-state index is 11.1. The number of ether oxygens (including phenoxy) is 2. The van der Waals surface area contributed by atoms with E-state index in [0.717, 1.165) is 0 Å². The summed E-state index contributed by atoms with van der Waals surface area (Å²) in [7, 11) is 0. The summed E-state index contributed by atoms with van der Waals surface area (Å²) in [6.07, 6.45) is 0. The molecule has 0 saturated carbocycles. The molecule has 0 heterocycles. The molecule has 0 bridgehead atoms. The van der Waals surface area contributed by atoms with Crippen LogP contribution in [0, 0.1) is 0 Å². The molecule has 4 nitrogen and oxygen atoms in total. The van der Waals surface area contributed by atoms with Crippen molar-refractivity contribution < 1.29 is 19.1 Å². The summed E-state index contributed by atoms with van der Waals surface area (Å²) in [5, 5.41) is 0. The molecule has 136 valence electrons. The van der Waals surface area contributed by atoms with E-state index in [1.807, 2.05) is 54.6 Å². The molecular formula is C22H19BiO4. The molecule has 0 fully saturated rings. The second-order valence-corrected chi connectivity index (χ2v) is 14.5. The summed E-state index contributed by atoms with van der Waals surface area (Å²) in [6.45, 7) is 2.79. The van der Waals surface area contributed by atoms with Crippen molar-refractivity contribution >= 4 is 43.5 Å². The number of carbonyl (C=O) groups is 2. The Morgan fingerprint density at radius 2 is 0.963 bits per heavy atom. The van der Waals surface area contributed by atoms with Gasteiger partial charge in [0.2, 0.25) is 0 Å². The van der Waals surface area contributed by atoms with Crippen LogP contribution in [0.2, 0.25) is 0 Å². The molecule has 0 N–H and O–H groups in total. The molecule has 3 aromatic carbocycles.